The molecule has 17 heavy (non-hydrogen) atoms. The highest BCUT2D eigenvalue weighted by molar-refractivity contribution is 5.72. The summed E-state index contributed by atoms with van der Waals surface area (Å²) >= 11 is 0. The van der Waals surface area contributed by atoms with Crippen LogP contribution in [0, 0.1) is 5.82 Å². The molecule has 0 aliphatic carbocycles. The molecular weight excluding hydrogens is 235 g/mol. The summed E-state index contributed by atoms with van der Waals surface area (Å²) in [6.07, 6.45) is -2.67. The third-order valence-electron chi connectivity index (χ3n) is 1.59. The minimum absolute atomic E-state index is 0.162. The smallest absolute Gasteiger partial charge is 0.449 e. The van der Waals surface area contributed by atoms with Crippen LogP contribution in [0.5, 0.6) is 0 Å². The molecule has 0 saturated heterocycles. The molecule has 0 aromatic heterocycles. The van der Waals surface area contributed by atoms with Gasteiger partial charge in [0.05, 0.1) is 0 Å². The Morgan fingerprint density at radius 1 is 1.12 bits per heavy atom. The molecule has 0 bridgehead atoms. The van der Waals surface area contributed by atoms with Crippen molar-refractivity contribution in [3.8, 4) is 0 Å². The molecule has 0 unspecified atom stereocenters. The van der Waals surface area contributed by atoms with Crippen molar-refractivity contribution in [2.75, 3.05) is 0 Å². The molecule has 0 aliphatic rings. The van der Waals surface area contributed by atoms with Crippen molar-refractivity contribution < 1.29 is 33.7 Å². The number of hydrogen-bond acceptors (Lipinski definition) is 4. The van der Waals surface area contributed by atoms with E-state index >= 15 is 0 Å². The van der Waals surface area contributed by atoms with E-state index in [-0.39, 0.29) is 11.3 Å². The van der Waals surface area contributed by atoms with Crippen LogP contribution in [-0.2, 0) is 9.47 Å². The fourth-order valence-electron chi connectivity index (χ4n) is 0.963. The molecule has 1 aromatic rings. The van der Waals surface area contributed by atoms with Gasteiger partial charge < -0.3 is 19.7 Å². The molecule has 1 rings (SSSR count). The van der Waals surface area contributed by atoms with Crippen LogP contribution in [-0.4, -0.2) is 22.5 Å². The van der Waals surface area contributed by atoms with Gasteiger partial charge in [0.15, 0.2) is 5.76 Å². The van der Waals surface area contributed by atoms with E-state index in [2.05, 4.69) is 9.47 Å². The highest BCUT2D eigenvalue weighted by atomic mass is 19.1. The van der Waals surface area contributed by atoms with Crippen LogP contribution in [0.1, 0.15) is 5.56 Å². The Bertz CT molecular complexity index is 450. The average molecular weight is 242 g/mol. The highest BCUT2D eigenvalue weighted by Crippen LogP contribution is 2.16. The van der Waals surface area contributed by atoms with Crippen molar-refractivity contribution in [2.45, 2.75) is 0 Å². The summed E-state index contributed by atoms with van der Waals surface area (Å²) in [6, 6.07) is 4.56. The molecule has 1 aromatic carbocycles. The van der Waals surface area contributed by atoms with E-state index in [1.54, 1.807) is 0 Å². The van der Waals surface area contributed by atoms with Gasteiger partial charge in [-0.3, -0.25) is 0 Å². The van der Waals surface area contributed by atoms with Crippen LogP contribution in [0.15, 0.2) is 30.5 Å². The van der Waals surface area contributed by atoms with E-state index in [4.69, 9.17) is 10.2 Å². The summed E-state index contributed by atoms with van der Waals surface area (Å²) in [5, 5.41) is 16.7. The standard InChI is InChI=1S/C10H7FO6/c11-7-3-1-6(2-4-7)8(17-10(14)15)5-16-9(12)13/h1-5H,(H,12,13)(H,14,15)/b8-5-. The van der Waals surface area contributed by atoms with Gasteiger partial charge in [0.1, 0.15) is 12.1 Å². The van der Waals surface area contributed by atoms with Crippen LogP contribution >= 0.6 is 0 Å². The Labute approximate surface area is 94.5 Å². The van der Waals surface area contributed by atoms with Crippen molar-refractivity contribution in [1.82, 2.24) is 0 Å². The van der Waals surface area contributed by atoms with E-state index in [0.717, 1.165) is 12.1 Å². The first kappa shape index (κ1) is 12.5. The highest BCUT2D eigenvalue weighted by Gasteiger charge is 2.10. The lowest BCUT2D eigenvalue weighted by Crippen LogP contribution is -2.02. The van der Waals surface area contributed by atoms with E-state index in [0.29, 0.717) is 6.26 Å². The van der Waals surface area contributed by atoms with Crippen molar-refractivity contribution >= 4 is 18.1 Å². The Morgan fingerprint density at radius 3 is 2.18 bits per heavy atom. The van der Waals surface area contributed by atoms with Gasteiger partial charge in [0.25, 0.3) is 0 Å². The Morgan fingerprint density at radius 2 is 1.71 bits per heavy atom. The van der Waals surface area contributed by atoms with Crippen LogP contribution < -0.4 is 0 Å². The number of ether oxygens (including phenoxy) is 2. The van der Waals surface area contributed by atoms with Gasteiger partial charge in [0.2, 0.25) is 0 Å². The maximum absolute atomic E-state index is 12.6. The summed E-state index contributed by atoms with van der Waals surface area (Å²) in [7, 11) is 0. The summed E-state index contributed by atoms with van der Waals surface area (Å²) in [5.41, 5.74) is 0.162. The largest absolute Gasteiger partial charge is 0.511 e. The van der Waals surface area contributed by atoms with E-state index in [1.165, 1.54) is 12.1 Å². The van der Waals surface area contributed by atoms with Gasteiger partial charge >= 0.3 is 12.3 Å². The number of halogens is 1. The zero-order valence-corrected chi connectivity index (χ0v) is 8.29. The second-order valence-electron chi connectivity index (χ2n) is 2.74. The summed E-state index contributed by atoms with van der Waals surface area (Å²) in [6.45, 7) is 0. The summed E-state index contributed by atoms with van der Waals surface area (Å²) in [5.74, 6) is -0.887. The van der Waals surface area contributed by atoms with Crippen LogP contribution in [0.4, 0.5) is 14.0 Å². The molecule has 90 valence electrons. The zero-order chi connectivity index (χ0) is 12.8. The van der Waals surface area contributed by atoms with E-state index in [9.17, 15) is 14.0 Å². The fraction of sp³-hybridized carbons (Fsp3) is 0. The maximum atomic E-state index is 12.6. The molecule has 0 atom stereocenters. The molecular formula is C10H7FO6. The van der Waals surface area contributed by atoms with E-state index in [1.807, 2.05) is 0 Å². The SMILES string of the molecule is O=C(O)O/C=C(\OC(=O)O)c1ccc(F)cc1. The predicted octanol–water partition coefficient (Wildman–Crippen LogP) is 2.51. The molecule has 2 N–H and O–H groups in total. The minimum atomic E-state index is -1.64. The summed E-state index contributed by atoms with van der Waals surface area (Å²) < 4.78 is 21.0. The third kappa shape index (κ3) is 4.20. The Hall–Kier alpha value is -2.57. The summed E-state index contributed by atoms with van der Waals surface area (Å²) in [4.78, 5) is 20.5. The molecule has 0 fully saturated rings. The van der Waals surface area contributed by atoms with Crippen LogP contribution in [0.2, 0.25) is 0 Å². The number of benzene rings is 1. The van der Waals surface area contributed by atoms with Crippen molar-refractivity contribution in [2.24, 2.45) is 0 Å². The van der Waals surface area contributed by atoms with Crippen LogP contribution in [0.25, 0.3) is 5.76 Å². The van der Waals surface area contributed by atoms with Gasteiger partial charge in [-0.2, -0.15) is 0 Å². The number of rotatable bonds is 3. The number of carboxylic acid groups (broad SMARTS) is 2. The predicted molar refractivity (Wildman–Crippen MR) is 52.6 cm³/mol. The van der Waals surface area contributed by atoms with Crippen molar-refractivity contribution in [3.05, 3.63) is 41.9 Å². The molecule has 0 aliphatic heterocycles. The molecule has 0 heterocycles. The first-order chi connectivity index (χ1) is 7.99. The average Bonchev–Trinajstić information content (AvgIpc) is 2.25. The second kappa shape index (κ2) is 5.50. The number of hydrogen-bond donors (Lipinski definition) is 2. The van der Waals surface area contributed by atoms with Crippen molar-refractivity contribution in [1.29, 1.82) is 0 Å². The monoisotopic (exact) mass is 242 g/mol. The minimum Gasteiger partial charge on any atom is -0.449 e. The normalized spacial score (nSPS) is 10.8. The molecule has 0 saturated carbocycles. The topological polar surface area (TPSA) is 93.1 Å². The first-order valence-electron chi connectivity index (χ1n) is 4.25. The lowest BCUT2D eigenvalue weighted by molar-refractivity contribution is 0.119. The molecule has 0 amide bonds. The number of carbonyl (C=O) groups is 2. The van der Waals surface area contributed by atoms with Crippen molar-refractivity contribution in [3.63, 3.8) is 0 Å². The lowest BCUT2D eigenvalue weighted by Gasteiger charge is -2.05. The fourth-order valence-corrected chi connectivity index (χ4v) is 0.963. The molecule has 0 spiro atoms. The second-order valence-corrected chi connectivity index (χ2v) is 2.74. The first-order valence-corrected chi connectivity index (χ1v) is 4.25. The Kier molecular flexibility index (Phi) is 4.04. The van der Waals surface area contributed by atoms with Gasteiger partial charge in [-0.05, 0) is 24.3 Å². The van der Waals surface area contributed by atoms with Crippen LogP contribution in [0.3, 0.4) is 0 Å². The third-order valence-corrected chi connectivity index (χ3v) is 1.59. The maximum Gasteiger partial charge on any atom is 0.511 e. The van der Waals surface area contributed by atoms with E-state index < -0.39 is 18.1 Å². The van der Waals surface area contributed by atoms with Gasteiger partial charge in [0, 0.05) is 5.56 Å². The van der Waals surface area contributed by atoms with Gasteiger partial charge in [-0.25, -0.2) is 14.0 Å². The molecule has 7 heteroatoms. The lowest BCUT2D eigenvalue weighted by atomic mass is 10.2. The molecule has 6 nitrogen and oxygen atoms in total. The Balaban J connectivity index is 2.96. The quantitative estimate of drug-likeness (QED) is 0.624. The van der Waals surface area contributed by atoms with Gasteiger partial charge in [-0.15, -0.1) is 0 Å². The van der Waals surface area contributed by atoms with Gasteiger partial charge in [-0.1, -0.05) is 0 Å². The molecule has 0 radical (unpaired) electrons. The zero-order valence-electron chi connectivity index (χ0n) is 8.29.